The Bertz CT molecular complexity index is 800. The number of nitro benzene ring substituents is 1. The van der Waals surface area contributed by atoms with Crippen molar-refractivity contribution in [1.82, 2.24) is 19.6 Å². The summed E-state index contributed by atoms with van der Waals surface area (Å²) in [6.07, 6.45) is 2.26. The number of nitro groups is 1. The first-order valence-electron chi connectivity index (χ1n) is 6.29. The van der Waals surface area contributed by atoms with E-state index in [9.17, 15) is 10.1 Å². The molecule has 1 aromatic carbocycles. The first kappa shape index (κ1) is 13.5. The maximum atomic E-state index is 10.7. The zero-order valence-electron chi connectivity index (χ0n) is 11.1. The lowest BCUT2D eigenvalue weighted by molar-refractivity contribution is -0.384. The van der Waals surface area contributed by atoms with Crippen LogP contribution in [0.2, 0.25) is 0 Å². The minimum atomic E-state index is -0.411. The Balaban J connectivity index is 1.97. The Hall–Kier alpha value is -2.48. The highest BCUT2D eigenvalue weighted by Crippen LogP contribution is 2.29. The Kier molecular flexibility index (Phi) is 3.53. The highest BCUT2D eigenvalue weighted by Gasteiger charge is 2.10. The van der Waals surface area contributed by atoms with Gasteiger partial charge in [0.15, 0.2) is 0 Å². The first-order valence-corrected chi connectivity index (χ1v) is 7.11. The Morgan fingerprint density at radius 2 is 2.10 bits per heavy atom. The zero-order chi connectivity index (χ0) is 14.8. The van der Waals surface area contributed by atoms with Gasteiger partial charge in [0, 0.05) is 22.7 Å². The predicted molar refractivity (Wildman–Crippen MR) is 77.4 cm³/mol. The highest BCUT2D eigenvalue weighted by molar-refractivity contribution is 7.99. The summed E-state index contributed by atoms with van der Waals surface area (Å²) in [6.45, 7) is 2.02. The van der Waals surface area contributed by atoms with Gasteiger partial charge in [0.25, 0.3) is 11.5 Å². The fourth-order valence-electron chi connectivity index (χ4n) is 1.84. The third-order valence-corrected chi connectivity index (χ3v) is 3.91. The molecule has 0 spiro atoms. The van der Waals surface area contributed by atoms with Gasteiger partial charge >= 0.3 is 0 Å². The SMILES string of the molecule is CCc1cc(Sc2ccc([N+](=O)[O-])cc2)n2ncnc2n1. The Labute approximate surface area is 124 Å². The van der Waals surface area contributed by atoms with Gasteiger partial charge in [-0.25, -0.2) is 4.98 Å². The summed E-state index contributed by atoms with van der Waals surface area (Å²) in [5, 5.41) is 15.7. The van der Waals surface area contributed by atoms with Crippen LogP contribution in [0.1, 0.15) is 12.6 Å². The van der Waals surface area contributed by atoms with Crippen LogP contribution < -0.4 is 0 Å². The minimum Gasteiger partial charge on any atom is -0.258 e. The summed E-state index contributed by atoms with van der Waals surface area (Å²) in [4.78, 5) is 19.6. The second-order valence-electron chi connectivity index (χ2n) is 4.26. The van der Waals surface area contributed by atoms with Crippen molar-refractivity contribution < 1.29 is 4.92 Å². The van der Waals surface area contributed by atoms with E-state index in [-0.39, 0.29) is 5.69 Å². The average Bonchev–Trinajstić information content (AvgIpc) is 2.96. The van der Waals surface area contributed by atoms with E-state index in [0.717, 1.165) is 22.0 Å². The number of non-ortho nitro benzene ring substituents is 1. The molecule has 7 nitrogen and oxygen atoms in total. The molecule has 0 N–H and O–H groups in total. The molecule has 0 aliphatic carbocycles. The standard InChI is InChI=1S/C13H11N5O2S/c1-2-9-7-12(17-13(16-9)14-8-15-17)21-11-5-3-10(4-6-11)18(19)20/h3-8H,2H2,1H3. The van der Waals surface area contributed by atoms with Gasteiger partial charge in [-0.05, 0) is 24.6 Å². The predicted octanol–water partition coefficient (Wildman–Crippen LogP) is 2.75. The van der Waals surface area contributed by atoms with Gasteiger partial charge in [0.2, 0.25) is 0 Å². The summed E-state index contributed by atoms with van der Waals surface area (Å²) in [7, 11) is 0. The average molecular weight is 301 g/mol. The van der Waals surface area contributed by atoms with Crippen LogP contribution >= 0.6 is 11.8 Å². The van der Waals surface area contributed by atoms with Crippen molar-refractivity contribution in [3.63, 3.8) is 0 Å². The summed E-state index contributed by atoms with van der Waals surface area (Å²) in [5.74, 6) is 0.554. The minimum absolute atomic E-state index is 0.0780. The molecule has 0 amide bonds. The zero-order valence-corrected chi connectivity index (χ0v) is 11.9. The van der Waals surface area contributed by atoms with Gasteiger partial charge in [0.05, 0.1) is 4.92 Å². The molecule has 0 aliphatic heterocycles. The molecule has 2 aromatic heterocycles. The maximum Gasteiger partial charge on any atom is 0.269 e. The molecular weight excluding hydrogens is 290 g/mol. The van der Waals surface area contributed by atoms with Gasteiger partial charge in [-0.2, -0.15) is 14.6 Å². The van der Waals surface area contributed by atoms with E-state index in [0.29, 0.717) is 5.78 Å². The number of benzene rings is 1. The summed E-state index contributed by atoms with van der Waals surface area (Å²) in [6, 6.07) is 8.37. The molecule has 2 heterocycles. The number of nitrogens with zero attached hydrogens (tertiary/aromatic N) is 5. The summed E-state index contributed by atoms with van der Waals surface area (Å²) < 4.78 is 1.66. The molecule has 3 rings (SSSR count). The fraction of sp³-hybridized carbons (Fsp3) is 0.154. The summed E-state index contributed by atoms with van der Waals surface area (Å²) in [5.41, 5.74) is 1.01. The molecule has 3 aromatic rings. The van der Waals surface area contributed by atoms with E-state index in [1.807, 2.05) is 13.0 Å². The molecule has 8 heteroatoms. The van der Waals surface area contributed by atoms with Gasteiger partial charge in [0.1, 0.15) is 11.4 Å². The van der Waals surface area contributed by atoms with Gasteiger partial charge in [-0.1, -0.05) is 18.7 Å². The van der Waals surface area contributed by atoms with Crippen LogP contribution in [0.15, 0.2) is 46.6 Å². The van der Waals surface area contributed by atoms with Gasteiger partial charge < -0.3 is 0 Å². The van der Waals surface area contributed by atoms with E-state index >= 15 is 0 Å². The molecule has 0 fully saturated rings. The van der Waals surface area contributed by atoms with Crippen LogP contribution in [0, 0.1) is 10.1 Å². The Morgan fingerprint density at radius 3 is 2.76 bits per heavy atom. The van der Waals surface area contributed by atoms with Crippen LogP contribution in [0.25, 0.3) is 5.78 Å². The largest absolute Gasteiger partial charge is 0.269 e. The van der Waals surface area contributed by atoms with Crippen molar-refractivity contribution >= 4 is 23.2 Å². The molecule has 0 unspecified atom stereocenters. The van der Waals surface area contributed by atoms with Crippen LogP contribution in [0.5, 0.6) is 0 Å². The lowest BCUT2D eigenvalue weighted by atomic mass is 10.3. The molecule has 0 radical (unpaired) electrons. The molecule has 0 bridgehead atoms. The number of aromatic nitrogens is 4. The van der Waals surface area contributed by atoms with Crippen molar-refractivity contribution in [1.29, 1.82) is 0 Å². The molecule has 0 saturated carbocycles. The van der Waals surface area contributed by atoms with Gasteiger partial charge in [-0.3, -0.25) is 10.1 Å². The van der Waals surface area contributed by atoms with Gasteiger partial charge in [-0.15, -0.1) is 0 Å². The molecule has 21 heavy (non-hydrogen) atoms. The highest BCUT2D eigenvalue weighted by atomic mass is 32.2. The van der Waals surface area contributed by atoms with Crippen molar-refractivity contribution in [3.8, 4) is 0 Å². The number of rotatable bonds is 4. The third kappa shape index (κ3) is 2.70. The third-order valence-electron chi connectivity index (χ3n) is 2.90. The van der Waals surface area contributed by atoms with Crippen LogP contribution in [0.3, 0.4) is 0 Å². The lowest BCUT2D eigenvalue weighted by Gasteiger charge is -2.05. The van der Waals surface area contributed by atoms with Crippen LogP contribution in [-0.2, 0) is 6.42 Å². The van der Waals surface area contributed by atoms with E-state index in [1.165, 1.54) is 30.2 Å². The van der Waals surface area contributed by atoms with Crippen LogP contribution in [0.4, 0.5) is 5.69 Å². The van der Waals surface area contributed by atoms with Crippen molar-refractivity contribution in [3.05, 3.63) is 52.5 Å². The van der Waals surface area contributed by atoms with E-state index < -0.39 is 4.92 Å². The van der Waals surface area contributed by atoms with E-state index in [2.05, 4.69) is 15.1 Å². The second-order valence-corrected chi connectivity index (χ2v) is 5.36. The van der Waals surface area contributed by atoms with Crippen molar-refractivity contribution in [2.45, 2.75) is 23.3 Å². The quantitative estimate of drug-likeness (QED) is 0.418. The fourth-order valence-corrected chi connectivity index (χ4v) is 2.77. The number of hydrogen-bond acceptors (Lipinski definition) is 6. The molecule has 0 atom stereocenters. The maximum absolute atomic E-state index is 10.7. The monoisotopic (exact) mass is 301 g/mol. The first-order chi connectivity index (χ1) is 10.2. The number of fused-ring (bicyclic) bond motifs is 1. The second kappa shape index (κ2) is 5.49. The number of aryl methyl sites for hydroxylation is 1. The molecule has 106 valence electrons. The smallest absolute Gasteiger partial charge is 0.258 e. The molecule has 0 aliphatic rings. The Morgan fingerprint density at radius 1 is 1.33 bits per heavy atom. The topological polar surface area (TPSA) is 86.2 Å². The summed E-state index contributed by atoms with van der Waals surface area (Å²) >= 11 is 1.47. The van der Waals surface area contributed by atoms with E-state index in [1.54, 1.807) is 16.6 Å². The van der Waals surface area contributed by atoms with Crippen molar-refractivity contribution in [2.24, 2.45) is 0 Å². The van der Waals surface area contributed by atoms with Crippen molar-refractivity contribution in [2.75, 3.05) is 0 Å². The molecular formula is C13H11N5O2S. The van der Waals surface area contributed by atoms with Crippen LogP contribution in [-0.4, -0.2) is 24.5 Å². The normalized spacial score (nSPS) is 10.9. The number of hydrogen-bond donors (Lipinski definition) is 0. The van der Waals surface area contributed by atoms with E-state index in [4.69, 9.17) is 0 Å². The molecule has 0 saturated heterocycles. The lowest BCUT2D eigenvalue weighted by Crippen LogP contribution is -1.99.